The number of fused-ring (bicyclic) bond motifs is 2. The van der Waals surface area contributed by atoms with Gasteiger partial charge in [-0.05, 0) is 31.4 Å². The van der Waals surface area contributed by atoms with Crippen molar-refractivity contribution in [1.29, 1.82) is 0 Å². The Labute approximate surface area is 169 Å². The van der Waals surface area contributed by atoms with E-state index in [1.54, 1.807) is 17.2 Å². The summed E-state index contributed by atoms with van der Waals surface area (Å²) in [5.41, 5.74) is -0.215. The average Bonchev–Trinajstić information content (AvgIpc) is 3.44. The van der Waals surface area contributed by atoms with Gasteiger partial charge in [0.15, 0.2) is 5.76 Å². The molecule has 0 aliphatic carbocycles. The van der Waals surface area contributed by atoms with E-state index in [4.69, 9.17) is 9.15 Å². The van der Waals surface area contributed by atoms with E-state index in [0.717, 1.165) is 43.7 Å². The molecule has 2 fully saturated rings. The zero-order valence-electron chi connectivity index (χ0n) is 16.6. The minimum absolute atomic E-state index is 0.0590. The molecular weight excluding hydrogens is 372 g/mol. The van der Waals surface area contributed by atoms with E-state index >= 15 is 0 Å². The van der Waals surface area contributed by atoms with Gasteiger partial charge in [0, 0.05) is 44.9 Å². The highest BCUT2D eigenvalue weighted by Crippen LogP contribution is 2.45. The van der Waals surface area contributed by atoms with Crippen LogP contribution in [-0.2, 0) is 21.5 Å². The summed E-state index contributed by atoms with van der Waals surface area (Å²) >= 11 is 0. The lowest BCUT2D eigenvalue weighted by molar-refractivity contribution is -0.136. The molecule has 2 unspecified atom stereocenters. The van der Waals surface area contributed by atoms with Gasteiger partial charge in [-0.15, -0.1) is 0 Å². The molecule has 1 N–H and O–H groups in total. The molecule has 1 spiro atoms. The number of nitrogens with one attached hydrogen (secondary N) is 1. The molecule has 3 aliphatic heterocycles. The fraction of sp³-hybridized carbons (Fsp3) is 0.571. The normalized spacial score (nSPS) is 24.9. The minimum Gasteiger partial charge on any atom is -0.456 e. The molecule has 5 rings (SSSR count). The Morgan fingerprint density at radius 2 is 2.17 bits per heavy atom. The van der Waals surface area contributed by atoms with E-state index < -0.39 is 0 Å². The summed E-state index contributed by atoms with van der Waals surface area (Å²) in [4.78, 5) is 31.7. The number of likely N-dealkylation sites (tertiary alicyclic amines) is 1. The number of ether oxygens (including phenoxy) is 1. The predicted molar refractivity (Wildman–Crippen MR) is 103 cm³/mol. The average molecular weight is 398 g/mol. The lowest BCUT2D eigenvalue weighted by Gasteiger charge is -2.48. The Morgan fingerprint density at radius 3 is 2.90 bits per heavy atom. The van der Waals surface area contributed by atoms with Crippen molar-refractivity contribution in [2.45, 2.75) is 56.7 Å². The third kappa shape index (κ3) is 3.06. The summed E-state index contributed by atoms with van der Waals surface area (Å²) in [6.07, 6.45) is 7.64. The van der Waals surface area contributed by atoms with Gasteiger partial charge in [-0.1, -0.05) is 6.92 Å². The highest BCUT2D eigenvalue weighted by Gasteiger charge is 2.54. The number of nitrogens with zero attached hydrogens (tertiary/aromatic N) is 3. The number of rotatable bonds is 4. The van der Waals surface area contributed by atoms with Crippen LogP contribution >= 0.6 is 0 Å². The van der Waals surface area contributed by atoms with Gasteiger partial charge in [0.1, 0.15) is 17.7 Å². The second-order valence-electron chi connectivity index (χ2n) is 8.28. The lowest BCUT2D eigenvalue weighted by atomic mass is 9.85. The molecule has 8 nitrogen and oxygen atoms in total. The van der Waals surface area contributed by atoms with Crippen LogP contribution in [0.4, 0.5) is 0 Å². The summed E-state index contributed by atoms with van der Waals surface area (Å²) < 4.78 is 13.4. The first-order valence-electron chi connectivity index (χ1n) is 10.4. The Morgan fingerprint density at radius 1 is 1.31 bits per heavy atom. The Kier molecular flexibility index (Phi) is 4.46. The first-order chi connectivity index (χ1) is 14.1. The topological polar surface area (TPSA) is 89.6 Å². The molecule has 8 heteroatoms. The van der Waals surface area contributed by atoms with Crippen LogP contribution < -0.4 is 5.32 Å². The van der Waals surface area contributed by atoms with Gasteiger partial charge in [-0.2, -0.15) is 0 Å². The molecule has 2 saturated heterocycles. The maximum atomic E-state index is 12.7. The third-order valence-electron chi connectivity index (χ3n) is 6.34. The van der Waals surface area contributed by atoms with E-state index in [1.165, 1.54) is 0 Å². The van der Waals surface area contributed by atoms with Crippen LogP contribution in [0.3, 0.4) is 0 Å². The van der Waals surface area contributed by atoms with E-state index in [9.17, 15) is 9.59 Å². The third-order valence-corrected chi connectivity index (χ3v) is 6.34. The van der Waals surface area contributed by atoms with Crippen molar-refractivity contribution in [2.24, 2.45) is 0 Å². The minimum atomic E-state index is -0.366. The quantitative estimate of drug-likeness (QED) is 0.851. The number of aromatic nitrogens is 2. The van der Waals surface area contributed by atoms with Crippen LogP contribution in [0.1, 0.15) is 60.8 Å². The van der Waals surface area contributed by atoms with Crippen LogP contribution in [0.5, 0.6) is 0 Å². The summed E-state index contributed by atoms with van der Waals surface area (Å²) in [7, 11) is 0. The van der Waals surface area contributed by atoms with Gasteiger partial charge >= 0.3 is 0 Å². The number of imidazole rings is 1. The van der Waals surface area contributed by atoms with Crippen LogP contribution in [0.25, 0.3) is 0 Å². The van der Waals surface area contributed by atoms with E-state index in [-0.39, 0.29) is 29.5 Å². The van der Waals surface area contributed by atoms with Crippen LogP contribution in [0.2, 0.25) is 0 Å². The van der Waals surface area contributed by atoms with Gasteiger partial charge in [0.25, 0.3) is 5.91 Å². The number of carbonyl (C=O) groups is 2. The molecule has 0 bridgehead atoms. The smallest absolute Gasteiger partial charge is 0.289 e. The maximum Gasteiger partial charge on any atom is 0.289 e. The molecule has 154 valence electrons. The highest BCUT2D eigenvalue weighted by atomic mass is 16.5. The van der Waals surface area contributed by atoms with Crippen molar-refractivity contribution in [3.8, 4) is 0 Å². The lowest BCUT2D eigenvalue weighted by Crippen LogP contribution is -2.63. The monoisotopic (exact) mass is 398 g/mol. The van der Waals surface area contributed by atoms with Gasteiger partial charge in [0.05, 0.1) is 11.6 Å². The molecule has 0 saturated carbocycles. The first-order valence-corrected chi connectivity index (χ1v) is 10.4. The van der Waals surface area contributed by atoms with Crippen molar-refractivity contribution in [1.82, 2.24) is 19.8 Å². The maximum absolute atomic E-state index is 12.7. The van der Waals surface area contributed by atoms with Crippen molar-refractivity contribution in [3.05, 3.63) is 41.9 Å². The Bertz CT molecular complexity index is 921. The standard InChI is InChI=1S/C21H26N4O4/c1-2-14-6-7-17(29-14)20(27)24-12-21(13-24)11-15(18-22-8-9-25(18)21)23-19(26)16-5-3-4-10-28-16/h6-9,15-16H,2-5,10-13H2,1H3,(H,23,26). The largest absolute Gasteiger partial charge is 0.456 e. The summed E-state index contributed by atoms with van der Waals surface area (Å²) in [5.74, 6) is 1.91. The van der Waals surface area contributed by atoms with Gasteiger partial charge in [0.2, 0.25) is 5.91 Å². The molecule has 2 amide bonds. The fourth-order valence-electron chi connectivity index (χ4n) is 4.80. The summed E-state index contributed by atoms with van der Waals surface area (Å²) in [6, 6.07) is 3.44. The van der Waals surface area contributed by atoms with Crippen molar-refractivity contribution < 1.29 is 18.7 Å². The van der Waals surface area contributed by atoms with Crippen molar-refractivity contribution in [2.75, 3.05) is 19.7 Å². The zero-order valence-corrected chi connectivity index (χ0v) is 16.6. The van der Waals surface area contributed by atoms with Crippen molar-refractivity contribution in [3.63, 3.8) is 0 Å². The van der Waals surface area contributed by atoms with E-state index in [1.807, 2.05) is 19.2 Å². The Hall–Kier alpha value is -2.61. The molecule has 0 radical (unpaired) electrons. The van der Waals surface area contributed by atoms with Crippen LogP contribution in [0, 0.1) is 0 Å². The van der Waals surface area contributed by atoms with E-state index in [0.29, 0.717) is 25.5 Å². The summed E-state index contributed by atoms with van der Waals surface area (Å²) in [6.45, 7) is 3.82. The highest BCUT2D eigenvalue weighted by molar-refractivity contribution is 5.92. The van der Waals surface area contributed by atoms with Crippen LogP contribution in [0.15, 0.2) is 28.9 Å². The fourth-order valence-corrected chi connectivity index (χ4v) is 4.80. The van der Waals surface area contributed by atoms with Gasteiger partial charge in [-0.3, -0.25) is 9.59 Å². The number of furan rings is 1. The number of hydrogen-bond donors (Lipinski definition) is 1. The molecule has 29 heavy (non-hydrogen) atoms. The SMILES string of the molecule is CCc1ccc(C(=O)N2CC3(CC(NC(=O)C4CCCCO4)c4nccn43)C2)o1. The molecule has 3 aliphatic rings. The molecule has 2 aromatic rings. The number of amides is 2. The first kappa shape index (κ1) is 18.4. The Balaban J connectivity index is 1.27. The molecule has 5 heterocycles. The zero-order chi connectivity index (χ0) is 20.0. The van der Waals surface area contributed by atoms with Crippen LogP contribution in [-0.4, -0.2) is 52.1 Å². The summed E-state index contributed by atoms with van der Waals surface area (Å²) in [5, 5.41) is 3.13. The molecule has 2 aromatic heterocycles. The molecule has 2 atom stereocenters. The van der Waals surface area contributed by atoms with Gasteiger partial charge in [-0.25, -0.2) is 4.98 Å². The van der Waals surface area contributed by atoms with E-state index in [2.05, 4.69) is 14.9 Å². The predicted octanol–water partition coefficient (Wildman–Crippen LogP) is 2.02. The second-order valence-corrected chi connectivity index (χ2v) is 8.28. The number of hydrogen-bond acceptors (Lipinski definition) is 5. The molecular formula is C21H26N4O4. The van der Waals surface area contributed by atoms with Gasteiger partial charge < -0.3 is 23.9 Å². The van der Waals surface area contributed by atoms with Crippen molar-refractivity contribution >= 4 is 11.8 Å². The second kappa shape index (κ2) is 7.02. The number of aryl methyl sites for hydroxylation is 1. The molecule has 0 aromatic carbocycles. The number of carbonyl (C=O) groups excluding carboxylic acids is 2.